The molecule has 1 atom stereocenters. The number of carbonyl (C=O) groups is 2. The Morgan fingerprint density at radius 3 is 2.00 bits per heavy atom. The number of hydrogen-bond acceptors (Lipinski definition) is 4. The van der Waals surface area contributed by atoms with E-state index >= 15 is 0 Å². The molecule has 88 valence electrons. The molecule has 0 rings (SSSR count). The normalized spacial score (nSPS) is 12.5. The summed E-state index contributed by atoms with van der Waals surface area (Å²) < 4.78 is 9.44. The summed E-state index contributed by atoms with van der Waals surface area (Å²) in [4.78, 5) is 22.5. The third kappa shape index (κ3) is 5.24. The van der Waals surface area contributed by atoms with Gasteiger partial charge in [-0.2, -0.15) is 0 Å². The van der Waals surface area contributed by atoms with Gasteiger partial charge in [0.2, 0.25) is 0 Å². The van der Waals surface area contributed by atoms with Gasteiger partial charge < -0.3 is 14.8 Å². The van der Waals surface area contributed by atoms with Gasteiger partial charge in [0.1, 0.15) is 6.04 Å². The quantitative estimate of drug-likeness (QED) is 0.721. The van der Waals surface area contributed by atoms with E-state index < -0.39 is 18.1 Å². The highest BCUT2D eigenvalue weighted by molar-refractivity contribution is 5.81. The van der Waals surface area contributed by atoms with Crippen molar-refractivity contribution in [3.05, 3.63) is 0 Å². The summed E-state index contributed by atoms with van der Waals surface area (Å²) in [5.41, 5.74) is 0. The molecule has 5 nitrogen and oxygen atoms in total. The van der Waals surface area contributed by atoms with Gasteiger partial charge in [0.05, 0.1) is 13.2 Å². The van der Waals surface area contributed by atoms with Crippen LogP contribution in [0, 0.1) is 5.92 Å². The van der Waals surface area contributed by atoms with E-state index in [9.17, 15) is 9.59 Å². The fourth-order valence-corrected chi connectivity index (χ4v) is 1.000. The summed E-state index contributed by atoms with van der Waals surface area (Å²) in [6.07, 6.45) is -0.815. The van der Waals surface area contributed by atoms with Crippen LogP contribution in [-0.4, -0.2) is 31.3 Å². The summed E-state index contributed by atoms with van der Waals surface area (Å²) in [5, 5.41) is 2.46. The predicted octanol–water partition coefficient (Wildman–Crippen LogP) is 1.32. The van der Waals surface area contributed by atoms with Crippen molar-refractivity contribution in [2.75, 3.05) is 7.11 Å². The number of carbonyl (C=O) groups excluding carboxylic acids is 2. The van der Waals surface area contributed by atoms with Crippen LogP contribution in [0.25, 0.3) is 0 Å². The van der Waals surface area contributed by atoms with Crippen LogP contribution in [0.3, 0.4) is 0 Å². The van der Waals surface area contributed by atoms with E-state index in [1.165, 1.54) is 7.11 Å². The Morgan fingerprint density at radius 2 is 1.67 bits per heavy atom. The monoisotopic (exact) mass is 217 g/mol. The van der Waals surface area contributed by atoms with Crippen LogP contribution >= 0.6 is 0 Å². The van der Waals surface area contributed by atoms with Crippen LogP contribution in [-0.2, 0) is 14.3 Å². The van der Waals surface area contributed by atoms with Gasteiger partial charge in [0, 0.05) is 0 Å². The van der Waals surface area contributed by atoms with Gasteiger partial charge in [-0.3, -0.25) is 0 Å². The Balaban J connectivity index is 4.29. The first-order valence-electron chi connectivity index (χ1n) is 4.93. The highest BCUT2D eigenvalue weighted by Crippen LogP contribution is 2.04. The number of hydrogen-bond donors (Lipinski definition) is 1. The molecule has 0 bridgehead atoms. The van der Waals surface area contributed by atoms with Gasteiger partial charge in [-0.1, -0.05) is 13.8 Å². The third-order valence-corrected chi connectivity index (χ3v) is 1.74. The number of amides is 1. The minimum Gasteiger partial charge on any atom is -0.467 e. The van der Waals surface area contributed by atoms with E-state index in [1.807, 2.05) is 13.8 Å². The Hall–Kier alpha value is -1.26. The fourth-order valence-electron chi connectivity index (χ4n) is 1.000. The van der Waals surface area contributed by atoms with Crippen molar-refractivity contribution in [2.45, 2.75) is 39.8 Å². The van der Waals surface area contributed by atoms with Gasteiger partial charge in [-0.25, -0.2) is 9.59 Å². The molecule has 5 heteroatoms. The first kappa shape index (κ1) is 13.7. The molecule has 0 aromatic heterocycles. The van der Waals surface area contributed by atoms with Crippen molar-refractivity contribution in [1.82, 2.24) is 5.32 Å². The average molecular weight is 217 g/mol. The number of methoxy groups -OCH3 is 1. The molecule has 1 unspecified atom stereocenters. The minimum atomic E-state index is -0.666. The molecule has 0 aliphatic carbocycles. The van der Waals surface area contributed by atoms with Crippen LogP contribution in [0.15, 0.2) is 0 Å². The number of nitrogens with one attached hydrogen (secondary N) is 1. The van der Waals surface area contributed by atoms with E-state index in [-0.39, 0.29) is 12.0 Å². The lowest BCUT2D eigenvalue weighted by atomic mass is 10.1. The highest BCUT2D eigenvalue weighted by Gasteiger charge is 2.25. The lowest BCUT2D eigenvalue weighted by Gasteiger charge is -2.20. The SMILES string of the molecule is COC(=O)C(NC(=O)OC(C)C)C(C)C. The molecule has 0 heterocycles. The van der Waals surface area contributed by atoms with Gasteiger partial charge in [0.25, 0.3) is 0 Å². The predicted molar refractivity (Wildman–Crippen MR) is 55.4 cm³/mol. The highest BCUT2D eigenvalue weighted by atomic mass is 16.6. The van der Waals surface area contributed by atoms with E-state index in [0.29, 0.717) is 0 Å². The van der Waals surface area contributed by atoms with Gasteiger partial charge in [0.15, 0.2) is 0 Å². The maximum absolute atomic E-state index is 11.3. The van der Waals surface area contributed by atoms with Crippen molar-refractivity contribution in [3.8, 4) is 0 Å². The molecule has 0 aliphatic heterocycles. The Morgan fingerprint density at radius 1 is 1.13 bits per heavy atom. The minimum absolute atomic E-state index is 0.0443. The van der Waals surface area contributed by atoms with E-state index in [1.54, 1.807) is 13.8 Å². The summed E-state index contributed by atoms with van der Waals surface area (Å²) in [6, 6.07) is -0.666. The lowest BCUT2D eigenvalue weighted by molar-refractivity contribution is -0.144. The van der Waals surface area contributed by atoms with Crippen molar-refractivity contribution in [1.29, 1.82) is 0 Å². The summed E-state index contributed by atoms with van der Waals surface area (Å²) in [7, 11) is 1.28. The van der Waals surface area contributed by atoms with Gasteiger partial charge in [-0.15, -0.1) is 0 Å². The largest absolute Gasteiger partial charge is 0.467 e. The Kier molecular flexibility index (Phi) is 5.74. The molecule has 0 radical (unpaired) electrons. The molecule has 1 amide bonds. The molecular formula is C10H19NO4. The number of ether oxygens (including phenoxy) is 2. The van der Waals surface area contributed by atoms with Crippen molar-refractivity contribution < 1.29 is 19.1 Å². The molecular weight excluding hydrogens is 198 g/mol. The smallest absolute Gasteiger partial charge is 0.408 e. The fraction of sp³-hybridized carbons (Fsp3) is 0.800. The molecule has 0 spiro atoms. The third-order valence-electron chi connectivity index (χ3n) is 1.74. The van der Waals surface area contributed by atoms with Gasteiger partial charge >= 0.3 is 12.1 Å². The van der Waals surface area contributed by atoms with Crippen LogP contribution in [0.1, 0.15) is 27.7 Å². The molecule has 1 N–H and O–H groups in total. The van der Waals surface area contributed by atoms with Crippen molar-refractivity contribution in [3.63, 3.8) is 0 Å². The molecule has 15 heavy (non-hydrogen) atoms. The van der Waals surface area contributed by atoms with Crippen LogP contribution in [0.4, 0.5) is 4.79 Å². The zero-order valence-corrected chi connectivity index (χ0v) is 9.87. The second-order valence-corrected chi connectivity index (χ2v) is 3.84. The second-order valence-electron chi connectivity index (χ2n) is 3.84. The van der Waals surface area contributed by atoms with Crippen LogP contribution < -0.4 is 5.32 Å². The Labute approximate surface area is 90.1 Å². The molecule has 0 saturated heterocycles. The maximum atomic E-state index is 11.3. The Bertz CT molecular complexity index is 225. The number of alkyl carbamates (subject to hydrolysis) is 1. The van der Waals surface area contributed by atoms with E-state index in [4.69, 9.17) is 4.74 Å². The second kappa shape index (κ2) is 6.27. The van der Waals surface area contributed by atoms with E-state index in [0.717, 1.165) is 0 Å². The maximum Gasteiger partial charge on any atom is 0.408 e. The van der Waals surface area contributed by atoms with Crippen LogP contribution in [0.2, 0.25) is 0 Å². The van der Waals surface area contributed by atoms with E-state index in [2.05, 4.69) is 10.1 Å². The van der Waals surface area contributed by atoms with Gasteiger partial charge in [-0.05, 0) is 19.8 Å². The summed E-state index contributed by atoms with van der Waals surface area (Å²) in [6.45, 7) is 7.11. The number of rotatable bonds is 4. The molecule has 0 aliphatic rings. The summed E-state index contributed by atoms with van der Waals surface area (Å²) >= 11 is 0. The average Bonchev–Trinajstić information content (AvgIpc) is 2.11. The zero-order valence-electron chi connectivity index (χ0n) is 9.87. The first-order valence-corrected chi connectivity index (χ1v) is 4.93. The summed E-state index contributed by atoms with van der Waals surface area (Å²) in [5.74, 6) is -0.511. The first-order chi connectivity index (χ1) is 6.88. The standard InChI is InChI=1S/C10H19NO4/c1-6(2)8(9(12)14-5)11-10(13)15-7(3)4/h6-8H,1-5H3,(H,11,13). The molecule has 0 saturated carbocycles. The topological polar surface area (TPSA) is 64.6 Å². The van der Waals surface area contributed by atoms with Crippen molar-refractivity contribution >= 4 is 12.1 Å². The number of esters is 1. The molecule has 0 aromatic rings. The zero-order chi connectivity index (χ0) is 12.0. The molecule has 0 fully saturated rings. The van der Waals surface area contributed by atoms with Crippen molar-refractivity contribution in [2.24, 2.45) is 5.92 Å². The lowest BCUT2D eigenvalue weighted by Crippen LogP contribution is -2.45. The molecule has 0 aromatic carbocycles. The van der Waals surface area contributed by atoms with Crippen LogP contribution in [0.5, 0.6) is 0 Å².